The molecule has 6 nitrogen and oxygen atoms in total. The number of furan rings is 1. The highest BCUT2D eigenvalue weighted by Crippen LogP contribution is 2.21. The fraction of sp³-hybridized carbons (Fsp3) is 0.143. The molecule has 0 saturated carbocycles. The van der Waals surface area contributed by atoms with Gasteiger partial charge in [-0.3, -0.25) is 9.59 Å². The molecule has 0 saturated heterocycles. The Morgan fingerprint density at radius 2 is 1.68 bits per heavy atom. The van der Waals surface area contributed by atoms with Crippen LogP contribution in [0.4, 0.5) is 4.39 Å². The number of nitrogens with one attached hydrogen (secondary N) is 2. The van der Waals surface area contributed by atoms with E-state index in [9.17, 15) is 14.0 Å². The van der Waals surface area contributed by atoms with Crippen molar-refractivity contribution in [3.63, 3.8) is 0 Å². The second kappa shape index (κ2) is 8.85. The van der Waals surface area contributed by atoms with Gasteiger partial charge in [-0.25, -0.2) is 4.39 Å². The van der Waals surface area contributed by atoms with E-state index in [1.54, 1.807) is 37.3 Å². The minimum Gasteiger partial charge on any atom is -0.459 e. The predicted molar refractivity (Wildman–Crippen MR) is 100 cm³/mol. The molecule has 0 aliphatic heterocycles. The van der Waals surface area contributed by atoms with E-state index >= 15 is 0 Å². The first-order chi connectivity index (χ1) is 13.5. The lowest BCUT2D eigenvalue weighted by Crippen LogP contribution is -2.44. The Hall–Kier alpha value is -3.61. The van der Waals surface area contributed by atoms with Crippen molar-refractivity contribution in [2.75, 3.05) is 0 Å². The van der Waals surface area contributed by atoms with Gasteiger partial charge in [-0.15, -0.1) is 0 Å². The zero-order valence-corrected chi connectivity index (χ0v) is 15.1. The number of halogens is 1. The van der Waals surface area contributed by atoms with E-state index in [1.807, 2.05) is 12.1 Å². The quantitative estimate of drug-likeness (QED) is 0.654. The van der Waals surface area contributed by atoms with Gasteiger partial charge in [-0.2, -0.15) is 0 Å². The minimum absolute atomic E-state index is 0.149. The van der Waals surface area contributed by atoms with Gasteiger partial charge in [-0.1, -0.05) is 12.1 Å². The number of amides is 2. The van der Waals surface area contributed by atoms with Gasteiger partial charge >= 0.3 is 0 Å². The Morgan fingerprint density at radius 1 is 1.04 bits per heavy atom. The molecular weight excluding hydrogens is 363 g/mol. The van der Waals surface area contributed by atoms with Gasteiger partial charge < -0.3 is 19.8 Å². The molecule has 0 bridgehead atoms. The lowest BCUT2D eigenvalue weighted by Gasteiger charge is -2.13. The van der Waals surface area contributed by atoms with Gasteiger partial charge in [-0.05, 0) is 61.0 Å². The number of carbonyl (C=O) groups excluding carboxylic acids is 2. The molecule has 3 aromatic rings. The molecule has 0 aliphatic carbocycles. The summed E-state index contributed by atoms with van der Waals surface area (Å²) >= 11 is 0. The molecular formula is C21H19FN2O4. The van der Waals surface area contributed by atoms with Gasteiger partial charge in [0.1, 0.15) is 23.4 Å². The number of carbonyl (C=O) groups is 2. The smallest absolute Gasteiger partial charge is 0.287 e. The summed E-state index contributed by atoms with van der Waals surface area (Å²) < 4.78 is 23.5. The first kappa shape index (κ1) is 19.2. The maximum absolute atomic E-state index is 12.9. The number of hydrogen-bond acceptors (Lipinski definition) is 4. The SMILES string of the molecule is C[C@H](NC(=O)c1ccco1)C(=O)NCc1ccc(Oc2ccc(F)cc2)cc1. The second-order valence-electron chi connectivity index (χ2n) is 6.09. The molecule has 3 rings (SSSR count). The third-order valence-electron chi connectivity index (χ3n) is 3.93. The molecule has 1 aromatic heterocycles. The van der Waals surface area contributed by atoms with Crippen LogP contribution in [0.25, 0.3) is 0 Å². The van der Waals surface area contributed by atoms with Crippen LogP contribution in [0.15, 0.2) is 71.3 Å². The maximum Gasteiger partial charge on any atom is 0.287 e. The average Bonchev–Trinajstić information content (AvgIpc) is 3.24. The molecule has 2 aromatic carbocycles. The zero-order valence-electron chi connectivity index (χ0n) is 15.1. The van der Waals surface area contributed by atoms with Gasteiger partial charge in [0.05, 0.1) is 6.26 Å². The van der Waals surface area contributed by atoms with Crippen molar-refractivity contribution in [1.29, 1.82) is 0 Å². The molecule has 0 spiro atoms. The fourth-order valence-electron chi connectivity index (χ4n) is 2.40. The molecule has 0 aliphatic rings. The molecule has 1 atom stereocenters. The summed E-state index contributed by atoms with van der Waals surface area (Å²) in [5.41, 5.74) is 0.865. The molecule has 2 N–H and O–H groups in total. The Labute approximate surface area is 161 Å². The highest BCUT2D eigenvalue weighted by atomic mass is 19.1. The maximum atomic E-state index is 12.9. The third kappa shape index (κ3) is 5.20. The zero-order chi connectivity index (χ0) is 19.9. The highest BCUT2D eigenvalue weighted by Gasteiger charge is 2.17. The Bertz CT molecular complexity index is 922. The lowest BCUT2D eigenvalue weighted by molar-refractivity contribution is -0.122. The van der Waals surface area contributed by atoms with Crippen molar-refractivity contribution in [2.24, 2.45) is 0 Å². The number of hydrogen-bond donors (Lipinski definition) is 2. The van der Waals surface area contributed by atoms with Crippen molar-refractivity contribution in [3.8, 4) is 11.5 Å². The molecule has 7 heteroatoms. The average molecular weight is 382 g/mol. The van der Waals surface area contributed by atoms with Crippen LogP contribution in [-0.2, 0) is 11.3 Å². The van der Waals surface area contributed by atoms with Crippen LogP contribution in [0.3, 0.4) is 0 Å². The van der Waals surface area contributed by atoms with Crippen molar-refractivity contribution in [1.82, 2.24) is 10.6 Å². The molecule has 1 heterocycles. The van der Waals surface area contributed by atoms with Crippen LogP contribution in [0.2, 0.25) is 0 Å². The summed E-state index contributed by atoms with van der Waals surface area (Å²) in [6.07, 6.45) is 1.39. The summed E-state index contributed by atoms with van der Waals surface area (Å²) in [6.45, 7) is 1.90. The van der Waals surface area contributed by atoms with Crippen LogP contribution in [0, 0.1) is 5.82 Å². The van der Waals surface area contributed by atoms with Crippen LogP contribution in [0.5, 0.6) is 11.5 Å². The molecule has 0 fully saturated rings. The molecule has 144 valence electrons. The van der Waals surface area contributed by atoms with Crippen LogP contribution >= 0.6 is 0 Å². The minimum atomic E-state index is -0.710. The van der Waals surface area contributed by atoms with Crippen LogP contribution < -0.4 is 15.4 Å². The molecule has 2 amide bonds. The van der Waals surface area contributed by atoms with E-state index in [2.05, 4.69) is 10.6 Å². The van der Waals surface area contributed by atoms with Crippen LogP contribution in [-0.4, -0.2) is 17.9 Å². The largest absolute Gasteiger partial charge is 0.459 e. The van der Waals surface area contributed by atoms with Gasteiger partial charge in [0.2, 0.25) is 5.91 Å². The molecule has 28 heavy (non-hydrogen) atoms. The second-order valence-corrected chi connectivity index (χ2v) is 6.09. The summed E-state index contributed by atoms with van der Waals surface area (Å²) in [4.78, 5) is 24.0. The van der Waals surface area contributed by atoms with E-state index in [-0.39, 0.29) is 17.5 Å². The van der Waals surface area contributed by atoms with E-state index in [4.69, 9.17) is 9.15 Å². The molecule has 0 unspecified atom stereocenters. The van der Waals surface area contributed by atoms with E-state index in [0.717, 1.165) is 5.56 Å². The first-order valence-corrected chi connectivity index (χ1v) is 8.66. The van der Waals surface area contributed by atoms with Crippen molar-refractivity contribution in [2.45, 2.75) is 19.5 Å². The number of rotatable bonds is 7. The van der Waals surface area contributed by atoms with Crippen molar-refractivity contribution < 1.29 is 23.1 Å². The normalized spacial score (nSPS) is 11.5. The van der Waals surface area contributed by atoms with E-state index in [0.29, 0.717) is 18.0 Å². The summed E-state index contributed by atoms with van der Waals surface area (Å²) in [7, 11) is 0. The predicted octanol–water partition coefficient (Wildman–Crippen LogP) is 3.65. The summed E-state index contributed by atoms with van der Waals surface area (Å²) in [6, 6.07) is 15.3. The lowest BCUT2D eigenvalue weighted by atomic mass is 10.2. The van der Waals surface area contributed by atoms with Crippen LogP contribution in [0.1, 0.15) is 23.0 Å². The Morgan fingerprint density at radius 3 is 2.29 bits per heavy atom. The monoisotopic (exact) mass is 382 g/mol. The standard InChI is InChI=1S/C21H19FN2O4/c1-14(24-21(26)19-3-2-12-27-19)20(25)23-13-15-4-8-17(9-5-15)28-18-10-6-16(22)7-11-18/h2-12,14H,13H2,1H3,(H,23,25)(H,24,26)/t14-/m0/s1. The Balaban J connectivity index is 1.48. The van der Waals surface area contributed by atoms with Gasteiger partial charge in [0, 0.05) is 6.54 Å². The van der Waals surface area contributed by atoms with Gasteiger partial charge in [0.15, 0.2) is 5.76 Å². The fourth-order valence-corrected chi connectivity index (χ4v) is 2.40. The van der Waals surface area contributed by atoms with E-state index in [1.165, 1.54) is 24.5 Å². The summed E-state index contributed by atoms with van der Waals surface area (Å²) in [5.74, 6) is 0.190. The van der Waals surface area contributed by atoms with Crippen molar-refractivity contribution >= 4 is 11.8 Å². The van der Waals surface area contributed by atoms with Crippen molar-refractivity contribution in [3.05, 3.63) is 84.1 Å². The molecule has 0 radical (unpaired) electrons. The number of benzene rings is 2. The first-order valence-electron chi connectivity index (χ1n) is 8.66. The summed E-state index contributed by atoms with van der Waals surface area (Å²) in [5, 5.41) is 5.33. The Kier molecular flexibility index (Phi) is 6.06. The van der Waals surface area contributed by atoms with E-state index < -0.39 is 11.9 Å². The number of ether oxygens (including phenoxy) is 1. The third-order valence-corrected chi connectivity index (χ3v) is 3.93. The highest BCUT2D eigenvalue weighted by molar-refractivity contribution is 5.95. The topological polar surface area (TPSA) is 80.6 Å². The van der Waals surface area contributed by atoms with Gasteiger partial charge in [0.25, 0.3) is 5.91 Å².